The quantitative estimate of drug-likeness (QED) is 0.864. The van der Waals surface area contributed by atoms with Crippen molar-refractivity contribution in [3.05, 3.63) is 29.8 Å². The minimum absolute atomic E-state index is 0.195. The fourth-order valence-electron chi connectivity index (χ4n) is 3.17. The van der Waals surface area contributed by atoms with Crippen LogP contribution in [0, 0.1) is 0 Å². The summed E-state index contributed by atoms with van der Waals surface area (Å²) in [6, 6.07) is 8.41. The van der Waals surface area contributed by atoms with E-state index in [0.717, 1.165) is 31.5 Å². The average Bonchev–Trinajstić information content (AvgIpc) is 2.56. The largest absolute Gasteiger partial charge is 0.299 e. The molecule has 0 amide bonds. The van der Waals surface area contributed by atoms with Crippen LogP contribution < -0.4 is 5.43 Å². The lowest BCUT2D eigenvalue weighted by Gasteiger charge is -2.26. The summed E-state index contributed by atoms with van der Waals surface area (Å²) in [7, 11) is 0. The Morgan fingerprint density at radius 2 is 1.68 bits per heavy atom. The fourth-order valence-corrected chi connectivity index (χ4v) is 3.17. The van der Waals surface area contributed by atoms with Gasteiger partial charge in [-0.15, -0.1) is 0 Å². The predicted molar refractivity (Wildman–Crippen MR) is 90.1 cm³/mol. The Morgan fingerprint density at radius 3 is 2.41 bits per heavy atom. The summed E-state index contributed by atoms with van der Waals surface area (Å²) in [5.74, 6) is 0.195. The second kappa shape index (κ2) is 7.54. The van der Waals surface area contributed by atoms with E-state index in [1.807, 2.05) is 0 Å². The number of anilines is 1. The van der Waals surface area contributed by atoms with Crippen LogP contribution in [0.1, 0.15) is 50.5 Å². The summed E-state index contributed by atoms with van der Waals surface area (Å²) in [5, 5.41) is 4.29. The predicted octanol–water partition coefficient (Wildman–Crippen LogP) is 3.58. The summed E-state index contributed by atoms with van der Waals surface area (Å²) < 4.78 is 0. The summed E-state index contributed by atoms with van der Waals surface area (Å²) in [4.78, 5) is 14.2. The van der Waals surface area contributed by atoms with Gasteiger partial charge in [0.05, 0.1) is 5.69 Å². The van der Waals surface area contributed by atoms with Gasteiger partial charge < -0.3 is 0 Å². The first kappa shape index (κ1) is 15.2. The van der Waals surface area contributed by atoms with Gasteiger partial charge in [0.1, 0.15) is 5.71 Å². The Morgan fingerprint density at radius 1 is 0.955 bits per heavy atom. The van der Waals surface area contributed by atoms with Crippen LogP contribution in [-0.2, 0) is 11.3 Å². The van der Waals surface area contributed by atoms with E-state index in [1.54, 1.807) is 0 Å². The van der Waals surface area contributed by atoms with Crippen LogP contribution in [-0.4, -0.2) is 29.5 Å². The van der Waals surface area contributed by atoms with Crippen molar-refractivity contribution < 1.29 is 4.79 Å². The molecule has 2 fully saturated rings. The topological polar surface area (TPSA) is 44.7 Å². The molecule has 0 unspecified atom stereocenters. The Kier molecular flexibility index (Phi) is 5.22. The van der Waals surface area contributed by atoms with Gasteiger partial charge >= 0.3 is 0 Å². The summed E-state index contributed by atoms with van der Waals surface area (Å²) in [6.07, 6.45) is 7.55. The van der Waals surface area contributed by atoms with Gasteiger partial charge in [0.2, 0.25) is 0 Å². The molecule has 0 atom stereocenters. The van der Waals surface area contributed by atoms with Gasteiger partial charge in [0.25, 0.3) is 0 Å². The van der Waals surface area contributed by atoms with Gasteiger partial charge in [-0.25, -0.2) is 0 Å². The fraction of sp³-hybridized carbons (Fsp3) is 0.556. The number of nitrogens with one attached hydrogen (secondary N) is 1. The van der Waals surface area contributed by atoms with Crippen molar-refractivity contribution in [2.45, 2.75) is 51.5 Å². The van der Waals surface area contributed by atoms with E-state index in [4.69, 9.17) is 0 Å². The van der Waals surface area contributed by atoms with Gasteiger partial charge in [0.15, 0.2) is 5.78 Å². The summed E-state index contributed by atoms with van der Waals surface area (Å²) >= 11 is 0. The molecule has 1 aromatic rings. The number of benzene rings is 1. The molecule has 1 saturated carbocycles. The Labute approximate surface area is 132 Å². The molecule has 3 rings (SSSR count). The average molecular weight is 299 g/mol. The molecule has 1 saturated heterocycles. The number of Topliss-reactive ketones (excluding diaryl/α,β-unsaturated/α-hetero) is 1. The highest BCUT2D eigenvalue weighted by atomic mass is 16.1. The van der Waals surface area contributed by atoms with E-state index >= 15 is 0 Å². The molecule has 4 heteroatoms. The molecule has 1 aromatic carbocycles. The normalized spacial score (nSPS) is 22.0. The first-order valence-corrected chi connectivity index (χ1v) is 8.48. The number of carbonyl (C=O) groups excluding carboxylic acids is 1. The van der Waals surface area contributed by atoms with Crippen molar-refractivity contribution in [1.29, 1.82) is 0 Å². The number of likely N-dealkylation sites (tertiary alicyclic amines) is 1. The number of hydrogen-bond donors (Lipinski definition) is 1. The molecule has 1 heterocycles. The van der Waals surface area contributed by atoms with Crippen LogP contribution in [0.2, 0.25) is 0 Å². The second-order valence-corrected chi connectivity index (χ2v) is 6.33. The Hall–Kier alpha value is -1.68. The third-order valence-corrected chi connectivity index (χ3v) is 4.52. The number of nitrogens with zero attached hydrogens (tertiary/aromatic N) is 2. The minimum Gasteiger partial charge on any atom is -0.299 e. The Bertz CT molecular complexity index is 530. The first-order chi connectivity index (χ1) is 10.8. The van der Waals surface area contributed by atoms with Crippen LogP contribution in [0.25, 0.3) is 0 Å². The van der Waals surface area contributed by atoms with Gasteiger partial charge in [-0.05, 0) is 62.9 Å². The zero-order chi connectivity index (χ0) is 15.2. The molecule has 22 heavy (non-hydrogen) atoms. The maximum Gasteiger partial charge on any atom is 0.178 e. The van der Waals surface area contributed by atoms with Crippen LogP contribution in [0.3, 0.4) is 0 Å². The molecular formula is C18H25N3O. The van der Waals surface area contributed by atoms with Crippen molar-refractivity contribution in [2.24, 2.45) is 5.10 Å². The van der Waals surface area contributed by atoms with Crippen LogP contribution in [0.4, 0.5) is 5.69 Å². The van der Waals surface area contributed by atoms with Gasteiger partial charge in [-0.1, -0.05) is 18.6 Å². The highest BCUT2D eigenvalue weighted by Gasteiger charge is 2.16. The molecule has 1 aliphatic heterocycles. The monoisotopic (exact) mass is 299 g/mol. The highest BCUT2D eigenvalue weighted by Crippen LogP contribution is 2.16. The number of piperidine rings is 1. The van der Waals surface area contributed by atoms with E-state index in [-0.39, 0.29) is 5.78 Å². The van der Waals surface area contributed by atoms with Crippen molar-refractivity contribution in [3.63, 3.8) is 0 Å². The number of ketones is 1. The molecule has 2 aliphatic rings. The second-order valence-electron chi connectivity index (χ2n) is 6.33. The SMILES string of the molecule is O=C1CCCC/C1=N\Nc1ccc(CN2CCCCC2)cc1. The Balaban J connectivity index is 1.54. The highest BCUT2D eigenvalue weighted by molar-refractivity contribution is 6.40. The zero-order valence-electron chi connectivity index (χ0n) is 13.2. The van der Waals surface area contributed by atoms with Crippen LogP contribution in [0.15, 0.2) is 29.4 Å². The molecule has 1 aliphatic carbocycles. The molecule has 1 N–H and O–H groups in total. The lowest BCUT2D eigenvalue weighted by Crippen LogP contribution is -2.29. The maximum atomic E-state index is 11.7. The van der Waals surface area contributed by atoms with Crippen molar-refractivity contribution in [3.8, 4) is 0 Å². The van der Waals surface area contributed by atoms with Crippen molar-refractivity contribution in [2.75, 3.05) is 18.5 Å². The van der Waals surface area contributed by atoms with Gasteiger partial charge in [0, 0.05) is 13.0 Å². The zero-order valence-corrected chi connectivity index (χ0v) is 13.2. The van der Waals surface area contributed by atoms with Crippen LogP contribution >= 0.6 is 0 Å². The first-order valence-electron chi connectivity index (χ1n) is 8.48. The third kappa shape index (κ3) is 4.17. The number of carbonyl (C=O) groups is 1. The van der Waals surface area contributed by atoms with Gasteiger partial charge in [-0.2, -0.15) is 5.10 Å². The van der Waals surface area contributed by atoms with E-state index in [0.29, 0.717) is 12.1 Å². The number of rotatable bonds is 4. The molecule has 4 nitrogen and oxygen atoms in total. The van der Waals surface area contributed by atoms with E-state index < -0.39 is 0 Å². The molecule has 0 radical (unpaired) electrons. The number of hydrazone groups is 1. The van der Waals surface area contributed by atoms with E-state index in [9.17, 15) is 4.79 Å². The van der Waals surface area contributed by atoms with Gasteiger partial charge in [-0.3, -0.25) is 15.1 Å². The number of hydrogen-bond acceptors (Lipinski definition) is 4. The van der Waals surface area contributed by atoms with E-state index in [1.165, 1.54) is 37.9 Å². The molecule has 0 bridgehead atoms. The van der Waals surface area contributed by atoms with Crippen molar-refractivity contribution in [1.82, 2.24) is 4.90 Å². The van der Waals surface area contributed by atoms with Crippen molar-refractivity contribution >= 4 is 17.2 Å². The van der Waals surface area contributed by atoms with E-state index in [2.05, 4.69) is 39.7 Å². The molecular weight excluding hydrogens is 274 g/mol. The molecule has 118 valence electrons. The lowest BCUT2D eigenvalue weighted by atomic mass is 9.97. The lowest BCUT2D eigenvalue weighted by molar-refractivity contribution is -0.113. The molecule has 0 aromatic heterocycles. The van der Waals surface area contributed by atoms with Crippen LogP contribution in [0.5, 0.6) is 0 Å². The standard InChI is InChI=1S/C18H25N3O/c22-18-7-3-2-6-17(18)20-19-16-10-8-15(9-11-16)14-21-12-4-1-5-13-21/h8-11,19H,1-7,12-14H2/b20-17+. The molecule has 0 spiro atoms. The minimum atomic E-state index is 0.195. The maximum absolute atomic E-state index is 11.7. The summed E-state index contributed by atoms with van der Waals surface area (Å²) in [6.45, 7) is 3.47. The smallest absolute Gasteiger partial charge is 0.178 e. The third-order valence-electron chi connectivity index (χ3n) is 4.52. The summed E-state index contributed by atoms with van der Waals surface area (Å²) in [5.41, 5.74) is 6.02.